The van der Waals surface area contributed by atoms with Gasteiger partial charge in [0.2, 0.25) is 6.79 Å². The lowest BCUT2D eigenvalue weighted by Crippen LogP contribution is -2.32. The van der Waals surface area contributed by atoms with Crippen molar-refractivity contribution in [3.8, 4) is 0 Å². The molecule has 0 spiro atoms. The number of aryl methyl sites for hydroxylation is 1. The highest BCUT2D eigenvalue weighted by molar-refractivity contribution is 7.46. The number of esters is 1. The first-order valence-electron chi connectivity index (χ1n) is 15.3. The molecule has 2 rings (SSSR count). The third kappa shape index (κ3) is 14.6. The van der Waals surface area contributed by atoms with Gasteiger partial charge >= 0.3 is 26.0 Å². The summed E-state index contributed by atoms with van der Waals surface area (Å²) in [5, 5.41) is 5.90. The van der Waals surface area contributed by atoms with Crippen LogP contribution in [0.3, 0.4) is 0 Å². The minimum atomic E-state index is -4.73. The Morgan fingerprint density at radius 3 is 2.09 bits per heavy atom. The zero-order valence-corrected chi connectivity index (χ0v) is 28.5. The van der Waals surface area contributed by atoms with Crippen molar-refractivity contribution in [1.29, 1.82) is 0 Å². The molecular weight excluding hydrogens is 617 g/mol. The molecule has 4 N–H and O–H groups in total. The number of phosphoric ester groups is 1. The van der Waals surface area contributed by atoms with Crippen LogP contribution >= 0.6 is 7.82 Å². The molecule has 0 heterocycles. The number of rotatable bonds is 17. The van der Waals surface area contributed by atoms with Crippen molar-refractivity contribution in [2.24, 2.45) is 11.8 Å². The summed E-state index contributed by atoms with van der Waals surface area (Å²) in [4.78, 5) is 57.3. The van der Waals surface area contributed by atoms with E-state index in [-0.39, 0.29) is 12.3 Å². The molecule has 0 aliphatic carbocycles. The van der Waals surface area contributed by atoms with Crippen molar-refractivity contribution < 1.29 is 47.5 Å². The minimum Gasteiger partial charge on any atom is -0.431 e. The van der Waals surface area contributed by atoms with Gasteiger partial charge in [0.05, 0.1) is 17.8 Å². The van der Waals surface area contributed by atoms with Crippen molar-refractivity contribution in [1.82, 2.24) is 0 Å². The van der Waals surface area contributed by atoms with Gasteiger partial charge in [-0.15, -0.1) is 0 Å². The largest absolute Gasteiger partial charge is 0.511 e. The van der Waals surface area contributed by atoms with Crippen LogP contribution in [0.25, 0.3) is 0 Å². The predicted molar refractivity (Wildman–Crippen MR) is 176 cm³/mol. The molecule has 13 nitrogen and oxygen atoms in total. The lowest BCUT2D eigenvalue weighted by Gasteiger charge is -2.31. The Labute approximate surface area is 271 Å². The molecule has 0 bridgehead atoms. The van der Waals surface area contributed by atoms with E-state index in [1.54, 1.807) is 0 Å². The first-order chi connectivity index (χ1) is 21.6. The van der Waals surface area contributed by atoms with E-state index in [9.17, 15) is 18.9 Å². The normalized spacial score (nSPS) is 12.8. The number of nitrogens with zero attached hydrogens (tertiary/aromatic N) is 1. The van der Waals surface area contributed by atoms with Gasteiger partial charge in [-0.05, 0) is 67.9 Å². The summed E-state index contributed by atoms with van der Waals surface area (Å²) in [5.41, 5.74) is 4.04. The number of carbonyl (C=O) groups is 3. The van der Waals surface area contributed by atoms with E-state index in [0.29, 0.717) is 29.6 Å². The molecule has 256 valence electrons. The molecular formula is C32H48N3O10P. The Kier molecular flexibility index (Phi) is 15.5. The Morgan fingerprint density at radius 1 is 0.891 bits per heavy atom. The summed E-state index contributed by atoms with van der Waals surface area (Å²) < 4.78 is 29.7. The summed E-state index contributed by atoms with van der Waals surface area (Å²) in [7, 11) is -4.73. The van der Waals surface area contributed by atoms with Gasteiger partial charge < -0.3 is 39.5 Å². The molecule has 0 aliphatic rings. The van der Waals surface area contributed by atoms with Crippen LogP contribution < -0.4 is 15.5 Å². The van der Waals surface area contributed by atoms with Crippen LogP contribution in [0, 0.1) is 18.8 Å². The molecule has 46 heavy (non-hydrogen) atoms. The van der Waals surface area contributed by atoms with Crippen molar-refractivity contribution in [2.75, 3.05) is 42.0 Å². The molecule has 0 unspecified atom stereocenters. The van der Waals surface area contributed by atoms with Crippen LogP contribution in [0.15, 0.2) is 42.5 Å². The number of amides is 2. The maximum Gasteiger partial charge on any atom is 0.511 e. The van der Waals surface area contributed by atoms with Crippen molar-refractivity contribution in [3.63, 3.8) is 0 Å². The maximum absolute atomic E-state index is 13.1. The highest BCUT2D eigenvalue weighted by Gasteiger charge is 2.22. The second kappa shape index (κ2) is 18.5. The minimum absolute atomic E-state index is 0.0158. The molecule has 2 atom stereocenters. The predicted octanol–water partition coefficient (Wildman–Crippen LogP) is 6.79. The number of benzene rings is 2. The van der Waals surface area contributed by atoms with Gasteiger partial charge in [-0.25, -0.2) is 14.2 Å². The smallest absolute Gasteiger partial charge is 0.431 e. The van der Waals surface area contributed by atoms with Crippen molar-refractivity contribution >= 4 is 43.0 Å². The summed E-state index contributed by atoms with van der Waals surface area (Å²) >= 11 is 0. The highest BCUT2D eigenvalue weighted by atomic mass is 31.2. The maximum atomic E-state index is 13.1. The van der Waals surface area contributed by atoms with Crippen LogP contribution in [-0.4, -0.2) is 60.5 Å². The fourth-order valence-electron chi connectivity index (χ4n) is 4.65. The number of hydrogen-bond acceptors (Lipinski definition) is 9. The van der Waals surface area contributed by atoms with Crippen molar-refractivity contribution in [3.05, 3.63) is 53.6 Å². The Balaban J connectivity index is 2.14. The van der Waals surface area contributed by atoms with Crippen LogP contribution in [0.4, 0.5) is 26.7 Å². The summed E-state index contributed by atoms with van der Waals surface area (Å²) in [6, 6.07) is 12.9. The lowest BCUT2D eigenvalue weighted by atomic mass is 9.92. The number of phosphoric acid groups is 1. The molecule has 0 saturated heterocycles. The number of ether oxygens (including phenoxy) is 3. The monoisotopic (exact) mass is 665 g/mol. The average molecular weight is 666 g/mol. The zero-order valence-electron chi connectivity index (χ0n) is 27.6. The van der Waals surface area contributed by atoms with Gasteiger partial charge in [0.15, 0.2) is 0 Å². The average Bonchev–Trinajstić information content (AvgIpc) is 2.94. The van der Waals surface area contributed by atoms with E-state index in [2.05, 4.69) is 47.8 Å². The van der Waals surface area contributed by atoms with E-state index < -0.39 is 45.5 Å². The molecule has 14 heteroatoms. The highest BCUT2D eigenvalue weighted by Crippen LogP contribution is 2.37. The Morgan fingerprint density at radius 2 is 1.52 bits per heavy atom. The van der Waals surface area contributed by atoms with E-state index in [1.165, 1.54) is 6.92 Å². The standard InChI is InChI=1S/C32H48N3O10P/c1-8-25(16-30(36)43-20-44-32(38)42-19-24(7)45-46(39,40)41)26-11-14-29(35(17-21(2)3)18-22(4)5)28(15-26)34-31(37)33-27-12-9-23(6)10-13-27/h9-15,21-22,24-25H,8,16-20H2,1-7H3,(H2,33,34,37)(H2,39,40,41)/t24-,25-/m0/s1. The number of nitrogens with one attached hydrogen (secondary N) is 2. The van der Waals surface area contributed by atoms with E-state index in [1.807, 2.05) is 56.3 Å². The van der Waals surface area contributed by atoms with Crippen LogP contribution in [0.5, 0.6) is 0 Å². The SMILES string of the molecule is CC[C@@H](CC(=O)OCOC(=O)OC[C@H](C)OP(=O)(O)O)c1ccc(N(CC(C)C)CC(C)C)c(NC(=O)Nc2ccc(C)cc2)c1. The number of urea groups is 1. The van der Waals surface area contributed by atoms with Gasteiger partial charge in [0, 0.05) is 18.8 Å². The molecule has 2 aromatic carbocycles. The van der Waals surface area contributed by atoms with E-state index in [4.69, 9.17) is 24.0 Å². The van der Waals surface area contributed by atoms with Gasteiger partial charge in [-0.2, -0.15) is 0 Å². The molecule has 0 aliphatic heterocycles. The second-order valence-electron chi connectivity index (χ2n) is 12.0. The fourth-order valence-corrected chi connectivity index (χ4v) is 5.18. The Hall–Kier alpha value is -3.64. The molecule has 0 radical (unpaired) electrons. The van der Waals surface area contributed by atoms with Crippen LogP contribution in [-0.2, 0) is 28.1 Å². The second-order valence-corrected chi connectivity index (χ2v) is 13.2. The summed E-state index contributed by atoms with van der Waals surface area (Å²) in [6.07, 6.45) is -1.70. The van der Waals surface area contributed by atoms with Crippen LogP contribution in [0.2, 0.25) is 0 Å². The lowest BCUT2D eigenvalue weighted by molar-refractivity contribution is -0.154. The third-order valence-electron chi connectivity index (χ3n) is 6.62. The zero-order chi connectivity index (χ0) is 34.4. The first-order valence-corrected chi connectivity index (χ1v) is 16.8. The summed E-state index contributed by atoms with van der Waals surface area (Å²) in [6.45, 7) is 14.2. The van der Waals surface area contributed by atoms with Gasteiger partial charge in [0.25, 0.3) is 0 Å². The molecule has 0 saturated carbocycles. The fraction of sp³-hybridized carbons (Fsp3) is 0.531. The van der Waals surface area contributed by atoms with E-state index >= 15 is 0 Å². The van der Waals surface area contributed by atoms with Crippen molar-refractivity contribution in [2.45, 2.75) is 73.3 Å². The first kappa shape index (κ1) is 38.5. The third-order valence-corrected chi connectivity index (χ3v) is 7.25. The molecule has 0 fully saturated rings. The molecule has 2 aromatic rings. The molecule has 0 aromatic heterocycles. The number of carbonyl (C=O) groups excluding carboxylic acids is 3. The quantitative estimate of drug-likeness (QED) is 0.0796. The van der Waals surface area contributed by atoms with Crippen LogP contribution in [0.1, 0.15) is 71.4 Å². The number of anilines is 3. The van der Waals surface area contributed by atoms with E-state index in [0.717, 1.165) is 29.9 Å². The number of hydrogen-bond donors (Lipinski definition) is 4. The topological polar surface area (TPSA) is 173 Å². The van der Waals surface area contributed by atoms with Gasteiger partial charge in [-0.1, -0.05) is 58.4 Å². The molecule has 2 amide bonds. The van der Waals surface area contributed by atoms with Gasteiger partial charge in [0.1, 0.15) is 12.7 Å². The summed E-state index contributed by atoms with van der Waals surface area (Å²) in [5.74, 6) is -0.123. The van der Waals surface area contributed by atoms with Gasteiger partial charge in [-0.3, -0.25) is 9.32 Å². The Bertz CT molecular complexity index is 1320.